The highest BCUT2D eigenvalue weighted by Crippen LogP contribution is 2.30. The smallest absolute Gasteiger partial charge is 0.338 e. The molecule has 2 N–H and O–H groups in total. The average Bonchev–Trinajstić information content (AvgIpc) is 3.09. The summed E-state index contributed by atoms with van der Waals surface area (Å²) in [5, 5.41) is 5.39. The Morgan fingerprint density at radius 1 is 0.889 bits per heavy atom. The van der Waals surface area contributed by atoms with Crippen molar-refractivity contribution in [3.8, 4) is 0 Å². The number of nitrogens with zero attached hydrogens (tertiary/aromatic N) is 1. The zero-order valence-corrected chi connectivity index (χ0v) is 20.3. The Morgan fingerprint density at radius 2 is 1.58 bits per heavy atom. The summed E-state index contributed by atoms with van der Waals surface area (Å²) in [7, 11) is 0. The summed E-state index contributed by atoms with van der Waals surface area (Å²) in [5.41, 5.74) is 2.89. The molecule has 4 rings (SSSR count). The van der Waals surface area contributed by atoms with Crippen molar-refractivity contribution < 1.29 is 23.9 Å². The third-order valence-corrected chi connectivity index (χ3v) is 5.72. The van der Waals surface area contributed by atoms with Crippen LogP contribution in [0.15, 0.2) is 83.5 Å². The van der Waals surface area contributed by atoms with E-state index in [0.717, 1.165) is 10.5 Å². The van der Waals surface area contributed by atoms with E-state index in [9.17, 15) is 19.2 Å². The molecule has 0 spiro atoms. The summed E-state index contributed by atoms with van der Waals surface area (Å²) in [6.45, 7) is 3.88. The van der Waals surface area contributed by atoms with Gasteiger partial charge in [-0.2, -0.15) is 0 Å². The van der Waals surface area contributed by atoms with E-state index in [2.05, 4.69) is 10.6 Å². The third kappa shape index (κ3) is 5.13. The number of hydrogen-bond acceptors (Lipinski definition) is 6. The first-order valence-electron chi connectivity index (χ1n) is 11.1. The fourth-order valence-corrected chi connectivity index (χ4v) is 3.74. The topological polar surface area (TPSA) is 105 Å². The summed E-state index contributed by atoms with van der Waals surface area (Å²) in [6.07, 6.45) is 0. The van der Waals surface area contributed by atoms with E-state index < -0.39 is 17.8 Å². The van der Waals surface area contributed by atoms with Gasteiger partial charge in [-0.3, -0.25) is 14.4 Å². The number of benzene rings is 3. The zero-order valence-electron chi connectivity index (χ0n) is 19.5. The van der Waals surface area contributed by atoms with Gasteiger partial charge in [-0.05, 0) is 68.4 Å². The Bertz CT molecular complexity index is 1380. The van der Waals surface area contributed by atoms with Crippen LogP contribution in [0, 0.1) is 6.92 Å². The van der Waals surface area contributed by atoms with Crippen LogP contribution in [0.1, 0.15) is 33.2 Å². The molecule has 1 aliphatic rings. The molecule has 3 aromatic carbocycles. The minimum absolute atomic E-state index is 0.118. The molecule has 0 aliphatic carbocycles. The van der Waals surface area contributed by atoms with E-state index >= 15 is 0 Å². The number of carbonyl (C=O) groups is 4. The summed E-state index contributed by atoms with van der Waals surface area (Å²) in [5.74, 6) is -2.21. The first kappa shape index (κ1) is 24.7. The highest BCUT2D eigenvalue weighted by Gasteiger charge is 2.39. The van der Waals surface area contributed by atoms with E-state index in [1.807, 2.05) is 19.1 Å². The molecule has 0 radical (unpaired) electrons. The molecule has 3 amide bonds. The SMILES string of the molecule is CCOC(=O)c1ccc(N2C(=O)C(Cl)=C(Nc3cccc(C(=O)Nc4ccc(C)cc4)c3)C2=O)cc1. The molecule has 9 heteroatoms. The molecule has 182 valence electrons. The Hall–Kier alpha value is -4.43. The Kier molecular flexibility index (Phi) is 7.17. The lowest BCUT2D eigenvalue weighted by atomic mass is 10.1. The molecule has 1 aliphatic heterocycles. The highest BCUT2D eigenvalue weighted by atomic mass is 35.5. The van der Waals surface area contributed by atoms with Crippen LogP contribution in [0.5, 0.6) is 0 Å². The minimum atomic E-state index is -0.707. The molecule has 0 unspecified atom stereocenters. The number of ether oxygens (including phenoxy) is 1. The minimum Gasteiger partial charge on any atom is -0.462 e. The van der Waals surface area contributed by atoms with Gasteiger partial charge < -0.3 is 15.4 Å². The Balaban J connectivity index is 1.50. The quantitative estimate of drug-likeness (QED) is 0.352. The largest absolute Gasteiger partial charge is 0.462 e. The van der Waals surface area contributed by atoms with Crippen molar-refractivity contribution >= 4 is 52.4 Å². The van der Waals surface area contributed by atoms with Gasteiger partial charge in [-0.25, -0.2) is 9.69 Å². The third-order valence-electron chi connectivity index (χ3n) is 5.37. The lowest BCUT2D eigenvalue weighted by molar-refractivity contribution is -0.120. The van der Waals surface area contributed by atoms with E-state index in [4.69, 9.17) is 16.3 Å². The molecule has 0 fully saturated rings. The first-order valence-corrected chi connectivity index (χ1v) is 11.5. The van der Waals surface area contributed by atoms with E-state index in [1.165, 1.54) is 24.3 Å². The van der Waals surface area contributed by atoms with E-state index in [-0.39, 0.29) is 34.5 Å². The molecule has 0 saturated carbocycles. The van der Waals surface area contributed by atoms with Crippen molar-refractivity contribution in [1.82, 2.24) is 0 Å². The highest BCUT2D eigenvalue weighted by molar-refractivity contribution is 6.53. The van der Waals surface area contributed by atoms with Crippen molar-refractivity contribution in [2.45, 2.75) is 13.8 Å². The molecular formula is C27H22ClN3O5. The lowest BCUT2D eigenvalue weighted by Crippen LogP contribution is -2.32. The maximum atomic E-state index is 13.1. The summed E-state index contributed by atoms with van der Waals surface area (Å²) < 4.78 is 4.95. The number of esters is 1. The second kappa shape index (κ2) is 10.5. The number of rotatable bonds is 7. The monoisotopic (exact) mass is 503 g/mol. The maximum Gasteiger partial charge on any atom is 0.338 e. The predicted molar refractivity (Wildman–Crippen MR) is 137 cm³/mol. The van der Waals surface area contributed by atoms with Crippen LogP contribution in [0.2, 0.25) is 0 Å². The first-order chi connectivity index (χ1) is 17.3. The van der Waals surface area contributed by atoms with Crippen LogP contribution in [0.4, 0.5) is 17.1 Å². The van der Waals surface area contributed by atoms with Crippen LogP contribution in [-0.2, 0) is 14.3 Å². The fraction of sp³-hybridized carbons (Fsp3) is 0.111. The van der Waals surface area contributed by atoms with Gasteiger partial charge >= 0.3 is 5.97 Å². The number of anilines is 3. The second-order valence-electron chi connectivity index (χ2n) is 7.93. The van der Waals surface area contributed by atoms with Gasteiger partial charge in [0.15, 0.2) is 0 Å². The van der Waals surface area contributed by atoms with Crippen molar-refractivity contribution in [3.63, 3.8) is 0 Å². The van der Waals surface area contributed by atoms with Crippen molar-refractivity contribution in [3.05, 3.63) is 100 Å². The molecule has 3 aromatic rings. The number of aryl methyl sites for hydroxylation is 1. The number of imide groups is 1. The van der Waals surface area contributed by atoms with Gasteiger partial charge in [0.1, 0.15) is 10.7 Å². The van der Waals surface area contributed by atoms with Crippen LogP contribution in [0.25, 0.3) is 0 Å². The van der Waals surface area contributed by atoms with Gasteiger partial charge in [0, 0.05) is 16.9 Å². The van der Waals surface area contributed by atoms with Gasteiger partial charge in [0.2, 0.25) is 0 Å². The van der Waals surface area contributed by atoms with E-state index in [1.54, 1.807) is 43.3 Å². The molecule has 0 aromatic heterocycles. The molecule has 0 bridgehead atoms. The number of hydrogen-bond donors (Lipinski definition) is 2. The van der Waals surface area contributed by atoms with Crippen LogP contribution < -0.4 is 15.5 Å². The van der Waals surface area contributed by atoms with E-state index in [0.29, 0.717) is 16.9 Å². The Labute approximate surface area is 212 Å². The molecule has 0 atom stereocenters. The Morgan fingerprint density at radius 3 is 2.25 bits per heavy atom. The van der Waals surface area contributed by atoms with Crippen molar-refractivity contribution in [1.29, 1.82) is 0 Å². The number of nitrogens with one attached hydrogen (secondary N) is 2. The average molecular weight is 504 g/mol. The normalized spacial score (nSPS) is 13.1. The van der Waals surface area contributed by atoms with Gasteiger partial charge in [0.05, 0.1) is 17.9 Å². The fourth-order valence-electron chi connectivity index (χ4n) is 3.53. The van der Waals surface area contributed by atoms with Crippen molar-refractivity contribution in [2.75, 3.05) is 22.1 Å². The molecule has 0 saturated heterocycles. The number of carbonyl (C=O) groups excluding carboxylic acids is 4. The molecule has 36 heavy (non-hydrogen) atoms. The number of amides is 3. The van der Waals surface area contributed by atoms with Crippen LogP contribution in [-0.4, -0.2) is 30.3 Å². The molecule has 8 nitrogen and oxygen atoms in total. The summed E-state index contributed by atoms with van der Waals surface area (Å²) >= 11 is 6.22. The summed E-state index contributed by atoms with van der Waals surface area (Å²) in [6, 6.07) is 19.7. The van der Waals surface area contributed by atoms with Gasteiger partial charge in [-0.1, -0.05) is 35.4 Å². The lowest BCUT2D eigenvalue weighted by Gasteiger charge is -2.15. The van der Waals surface area contributed by atoms with Crippen LogP contribution in [0.3, 0.4) is 0 Å². The number of halogens is 1. The maximum absolute atomic E-state index is 13.1. The molecular weight excluding hydrogens is 482 g/mol. The van der Waals surface area contributed by atoms with Gasteiger partial charge in [0.25, 0.3) is 17.7 Å². The molecule has 1 heterocycles. The predicted octanol–water partition coefficient (Wildman–Crippen LogP) is 4.86. The zero-order chi connectivity index (χ0) is 25.8. The second-order valence-corrected chi connectivity index (χ2v) is 8.31. The standard InChI is InChI=1S/C27H22ClN3O5/c1-3-36-27(35)17-9-13-21(14-10-17)31-25(33)22(28)23(26(31)34)29-20-6-4-5-18(15-20)24(32)30-19-11-7-16(2)8-12-19/h4-15,29H,3H2,1-2H3,(H,30,32). The summed E-state index contributed by atoms with van der Waals surface area (Å²) in [4.78, 5) is 51.3. The van der Waals surface area contributed by atoms with Gasteiger partial charge in [-0.15, -0.1) is 0 Å². The van der Waals surface area contributed by atoms with Crippen molar-refractivity contribution in [2.24, 2.45) is 0 Å². The van der Waals surface area contributed by atoms with Crippen LogP contribution >= 0.6 is 11.6 Å².